The van der Waals surface area contributed by atoms with Crippen molar-refractivity contribution in [3.63, 3.8) is 0 Å². The number of hydrogen-bond acceptors (Lipinski definition) is 2. The summed E-state index contributed by atoms with van der Waals surface area (Å²) >= 11 is 5.90. The number of hydrogen-bond donors (Lipinski definition) is 0. The van der Waals surface area contributed by atoms with Gasteiger partial charge < -0.3 is 4.57 Å². The van der Waals surface area contributed by atoms with Crippen LogP contribution in [0.15, 0.2) is 12.1 Å². The van der Waals surface area contributed by atoms with E-state index in [0.29, 0.717) is 5.15 Å². The van der Waals surface area contributed by atoms with Crippen molar-refractivity contribution >= 4 is 22.8 Å². The Hall–Kier alpha value is -1.09. The molecule has 4 heteroatoms. The Kier molecular flexibility index (Phi) is 1.96. The second kappa shape index (κ2) is 3.20. The Morgan fingerprint density at radius 2 is 2.20 bits per heavy atom. The number of imidazole rings is 1. The van der Waals surface area contributed by atoms with Crippen LogP contribution >= 0.6 is 11.6 Å². The molecule has 3 nitrogen and oxygen atoms in total. The van der Waals surface area contributed by atoms with Crippen molar-refractivity contribution < 1.29 is 0 Å². The van der Waals surface area contributed by atoms with Gasteiger partial charge in [-0.2, -0.15) is 0 Å². The molecule has 2 aromatic heterocycles. The molecule has 0 amide bonds. The maximum Gasteiger partial charge on any atom is 0.161 e. The molecule has 0 saturated heterocycles. The molecule has 0 bridgehead atoms. The number of rotatable bonds is 2. The summed E-state index contributed by atoms with van der Waals surface area (Å²) in [5.74, 6) is 1.86. The van der Waals surface area contributed by atoms with Crippen LogP contribution in [0.25, 0.3) is 11.2 Å². The Morgan fingerprint density at radius 3 is 2.93 bits per heavy atom. The fourth-order valence-electron chi connectivity index (χ4n) is 1.87. The smallest absolute Gasteiger partial charge is 0.161 e. The van der Waals surface area contributed by atoms with E-state index in [1.807, 2.05) is 13.0 Å². The minimum Gasteiger partial charge on any atom is -0.313 e. The average Bonchev–Trinajstić information content (AvgIpc) is 2.96. The molecule has 2 heterocycles. The fourth-order valence-corrected chi connectivity index (χ4v) is 2.01. The lowest BCUT2D eigenvalue weighted by atomic mass is 10.4. The van der Waals surface area contributed by atoms with E-state index in [0.717, 1.165) is 29.5 Å². The largest absolute Gasteiger partial charge is 0.313 e. The number of nitrogens with zero attached hydrogens (tertiary/aromatic N) is 3. The fraction of sp³-hybridized carbons (Fsp3) is 0.455. The van der Waals surface area contributed by atoms with Crippen molar-refractivity contribution in [3.8, 4) is 0 Å². The molecule has 78 valence electrons. The minimum absolute atomic E-state index is 0.541. The number of aryl methyl sites for hydroxylation is 1. The lowest BCUT2D eigenvalue weighted by Crippen LogP contribution is -2.02. The maximum atomic E-state index is 5.90. The number of aromatic nitrogens is 3. The molecule has 1 saturated carbocycles. The highest BCUT2D eigenvalue weighted by Crippen LogP contribution is 2.32. The van der Waals surface area contributed by atoms with Crippen LogP contribution in [0.1, 0.15) is 18.7 Å². The molecule has 1 aliphatic rings. The molecular weight excluding hydrogens is 210 g/mol. The van der Waals surface area contributed by atoms with E-state index in [4.69, 9.17) is 11.6 Å². The van der Waals surface area contributed by atoms with Crippen molar-refractivity contribution in [3.05, 3.63) is 23.1 Å². The van der Waals surface area contributed by atoms with Gasteiger partial charge >= 0.3 is 0 Å². The molecule has 0 aromatic carbocycles. The van der Waals surface area contributed by atoms with Crippen molar-refractivity contribution in [1.82, 2.24) is 14.5 Å². The van der Waals surface area contributed by atoms with Gasteiger partial charge in [-0.05, 0) is 37.8 Å². The SMILES string of the molecule is Cc1nc2ccc(Cl)nc2n1CC1CC1. The van der Waals surface area contributed by atoms with E-state index in [1.165, 1.54) is 12.8 Å². The average molecular weight is 222 g/mol. The number of halogens is 1. The summed E-state index contributed by atoms with van der Waals surface area (Å²) in [5, 5.41) is 0.541. The highest BCUT2D eigenvalue weighted by Gasteiger charge is 2.23. The van der Waals surface area contributed by atoms with Crippen LogP contribution < -0.4 is 0 Å². The van der Waals surface area contributed by atoms with E-state index >= 15 is 0 Å². The van der Waals surface area contributed by atoms with Crippen molar-refractivity contribution in [2.24, 2.45) is 5.92 Å². The molecule has 0 spiro atoms. The predicted octanol–water partition coefficient (Wildman–Crippen LogP) is 2.80. The van der Waals surface area contributed by atoms with Gasteiger partial charge in [-0.1, -0.05) is 11.6 Å². The number of fused-ring (bicyclic) bond motifs is 1. The third kappa shape index (κ3) is 1.61. The molecular formula is C11H12ClN3. The van der Waals surface area contributed by atoms with Crippen molar-refractivity contribution in [1.29, 1.82) is 0 Å². The van der Waals surface area contributed by atoms with Gasteiger partial charge in [0.2, 0.25) is 0 Å². The quantitative estimate of drug-likeness (QED) is 0.731. The van der Waals surface area contributed by atoms with Crippen LogP contribution in [0.5, 0.6) is 0 Å². The summed E-state index contributed by atoms with van der Waals surface area (Å²) in [6.07, 6.45) is 2.67. The van der Waals surface area contributed by atoms with E-state index in [1.54, 1.807) is 6.07 Å². The maximum absolute atomic E-state index is 5.90. The Balaban J connectivity index is 2.15. The first-order valence-electron chi connectivity index (χ1n) is 5.23. The summed E-state index contributed by atoms with van der Waals surface area (Å²) < 4.78 is 2.18. The second-order valence-electron chi connectivity index (χ2n) is 4.19. The van der Waals surface area contributed by atoms with Gasteiger partial charge in [0.05, 0.1) is 0 Å². The normalized spacial score (nSPS) is 16.1. The molecule has 1 fully saturated rings. The molecule has 15 heavy (non-hydrogen) atoms. The highest BCUT2D eigenvalue weighted by molar-refractivity contribution is 6.29. The Bertz CT molecular complexity index is 514. The topological polar surface area (TPSA) is 30.7 Å². The van der Waals surface area contributed by atoms with Crippen LogP contribution in [0.3, 0.4) is 0 Å². The zero-order valence-electron chi connectivity index (χ0n) is 8.57. The Morgan fingerprint density at radius 1 is 1.40 bits per heavy atom. The molecule has 0 N–H and O–H groups in total. The molecule has 0 radical (unpaired) electrons. The highest BCUT2D eigenvalue weighted by atomic mass is 35.5. The van der Waals surface area contributed by atoms with Crippen molar-refractivity contribution in [2.45, 2.75) is 26.3 Å². The van der Waals surface area contributed by atoms with E-state index in [2.05, 4.69) is 14.5 Å². The van der Waals surface area contributed by atoms with E-state index in [-0.39, 0.29) is 0 Å². The summed E-state index contributed by atoms with van der Waals surface area (Å²) in [5.41, 5.74) is 1.87. The lowest BCUT2D eigenvalue weighted by Gasteiger charge is -2.03. The zero-order valence-corrected chi connectivity index (χ0v) is 9.33. The van der Waals surface area contributed by atoms with Gasteiger partial charge in [-0.15, -0.1) is 0 Å². The van der Waals surface area contributed by atoms with Crippen LogP contribution in [-0.2, 0) is 6.54 Å². The zero-order chi connectivity index (χ0) is 10.4. The van der Waals surface area contributed by atoms with Crippen LogP contribution in [0.2, 0.25) is 5.15 Å². The molecule has 0 atom stereocenters. The molecule has 0 aliphatic heterocycles. The third-order valence-electron chi connectivity index (χ3n) is 2.89. The molecule has 3 rings (SSSR count). The first-order valence-corrected chi connectivity index (χ1v) is 5.61. The van der Waals surface area contributed by atoms with Crippen LogP contribution in [0, 0.1) is 12.8 Å². The lowest BCUT2D eigenvalue weighted by molar-refractivity contribution is 0.622. The standard InChI is InChI=1S/C11H12ClN3/c1-7-13-9-4-5-10(12)14-11(9)15(7)6-8-2-3-8/h4-5,8H,2-3,6H2,1H3. The summed E-state index contributed by atoms with van der Waals surface area (Å²) in [6, 6.07) is 3.72. The first kappa shape index (κ1) is 9.16. The van der Waals surface area contributed by atoms with Crippen molar-refractivity contribution in [2.75, 3.05) is 0 Å². The van der Waals surface area contributed by atoms with Crippen LogP contribution in [0.4, 0.5) is 0 Å². The first-order chi connectivity index (χ1) is 7.24. The van der Waals surface area contributed by atoms with Crippen LogP contribution in [-0.4, -0.2) is 14.5 Å². The van der Waals surface area contributed by atoms with Gasteiger partial charge in [0, 0.05) is 6.54 Å². The summed E-state index contributed by atoms with van der Waals surface area (Å²) in [4.78, 5) is 8.82. The predicted molar refractivity (Wildman–Crippen MR) is 60.0 cm³/mol. The molecule has 1 aliphatic carbocycles. The Labute approximate surface area is 93.1 Å². The monoisotopic (exact) mass is 221 g/mol. The van der Waals surface area contributed by atoms with Gasteiger partial charge in [0.15, 0.2) is 5.65 Å². The second-order valence-corrected chi connectivity index (χ2v) is 4.58. The summed E-state index contributed by atoms with van der Waals surface area (Å²) in [7, 11) is 0. The van der Waals surface area contributed by atoms with Gasteiger partial charge in [-0.25, -0.2) is 9.97 Å². The summed E-state index contributed by atoms with van der Waals surface area (Å²) in [6.45, 7) is 3.06. The van der Waals surface area contributed by atoms with E-state index in [9.17, 15) is 0 Å². The molecule has 0 unspecified atom stereocenters. The van der Waals surface area contributed by atoms with E-state index < -0.39 is 0 Å². The van der Waals surface area contributed by atoms with Gasteiger partial charge in [0.1, 0.15) is 16.5 Å². The molecule has 2 aromatic rings. The number of pyridine rings is 1. The van der Waals surface area contributed by atoms with Gasteiger partial charge in [0.25, 0.3) is 0 Å². The van der Waals surface area contributed by atoms with Gasteiger partial charge in [-0.3, -0.25) is 0 Å². The minimum atomic E-state index is 0.541. The third-order valence-corrected chi connectivity index (χ3v) is 3.10.